The quantitative estimate of drug-likeness (QED) is 0.468. The van der Waals surface area contributed by atoms with Gasteiger partial charge in [-0.15, -0.1) is 35.0 Å². The molecule has 10 heteroatoms. The molecular formula is C23H24Cl2F3N3O2. The minimum atomic E-state index is -4.63. The van der Waals surface area contributed by atoms with Crippen LogP contribution in [0.2, 0.25) is 0 Å². The molecule has 0 bridgehead atoms. The fraction of sp³-hybridized carbons (Fsp3) is 0.304. The van der Waals surface area contributed by atoms with Crippen molar-refractivity contribution in [1.82, 2.24) is 15.5 Å². The Kier molecular flexibility index (Phi) is 9.76. The van der Waals surface area contributed by atoms with Crippen molar-refractivity contribution < 1.29 is 22.6 Å². The molecule has 178 valence electrons. The molecule has 1 N–H and O–H groups in total. The molecule has 1 saturated heterocycles. The van der Waals surface area contributed by atoms with Crippen molar-refractivity contribution in [3.05, 3.63) is 71.9 Å². The van der Waals surface area contributed by atoms with Gasteiger partial charge in [0.15, 0.2) is 5.69 Å². The van der Waals surface area contributed by atoms with Crippen LogP contribution < -0.4 is 14.8 Å². The second kappa shape index (κ2) is 12.1. The number of piperidine rings is 1. The fourth-order valence-electron chi connectivity index (χ4n) is 3.42. The first kappa shape index (κ1) is 26.7. The molecule has 0 saturated carbocycles. The van der Waals surface area contributed by atoms with Crippen molar-refractivity contribution in [1.29, 1.82) is 0 Å². The number of aromatic nitrogens is 2. The van der Waals surface area contributed by atoms with E-state index in [1.165, 1.54) is 6.07 Å². The minimum Gasteiger partial charge on any atom is -0.489 e. The number of hydrogen-bond acceptors (Lipinski definition) is 5. The predicted molar refractivity (Wildman–Crippen MR) is 124 cm³/mol. The molecule has 0 radical (unpaired) electrons. The van der Waals surface area contributed by atoms with Crippen LogP contribution in [0.4, 0.5) is 13.2 Å². The second-order valence-corrected chi connectivity index (χ2v) is 7.31. The highest BCUT2D eigenvalue weighted by atomic mass is 35.5. The maximum Gasteiger partial charge on any atom is 0.435 e. The molecule has 3 aromatic rings. The highest BCUT2D eigenvalue weighted by Crippen LogP contribution is 2.37. The Bertz CT molecular complexity index is 1000. The third-order valence-corrected chi connectivity index (χ3v) is 5.03. The first-order chi connectivity index (χ1) is 15.0. The molecule has 1 aliphatic heterocycles. The van der Waals surface area contributed by atoms with Gasteiger partial charge >= 0.3 is 6.18 Å². The summed E-state index contributed by atoms with van der Waals surface area (Å²) in [6.45, 7) is 1.98. The monoisotopic (exact) mass is 501 g/mol. The number of halogens is 5. The summed E-state index contributed by atoms with van der Waals surface area (Å²) in [5.41, 5.74) is 0.262. The Labute approximate surface area is 202 Å². The Hall–Kier alpha value is -2.55. The first-order valence-electron chi connectivity index (χ1n) is 10.1. The fourth-order valence-corrected chi connectivity index (χ4v) is 3.42. The SMILES string of the molecule is Cl.Cl.FC(F)(F)c1nnc(OC2CCNCC2)cc1-c1ccc(OCc2ccccc2)cc1. The topological polar surface area (TPSA) is 56.3 Å². The second-order valence-electron chi connectivity index (χ2n) is 7.31. The summed E-state index contributed by atoms with van der Waals surface area (Å²) in [7, 11) is 0. The summed E-state index contributed by atoms with van der Waals surface area (Å²) in [6, 6.07) is 17.4. The summed E-state index contributed by atoms with van der Waals surface area (Å²) in [6.07, 6.45) is -3.18. The predicted octanol–water partition coefficient (Wildman–Crippen LogP) is 5.72. The molecule has 5 nitrogen and oxygen atoms in total. The van der Waals surface area contributed by atoms with Gasteiger partial charge in [-0.05, 0) is 49.2 Å². The minimum absolute atomic E-state index is 0. The van der Waals surface area contributed by atoms with E-state index < -0.39 is 11.9 Å². The summed E-state index contributed by atoms with van der Waals surface area (Å²) in [5.74, 6) is 0.661. The van der Waals surface area contributed by atoms with Gasteiger partial charge in [0.25, 0.3) is 0 Å². The average Bonchev–Trinajstić information content (AvgIpc) is 2.79. The normalized spacial score (nSPS) is 14.0. The Morgan fingerprint density at radius 3 is 2.21 bits per heavy atom. The van der Waals surface area contributed by atoms with Crippen LogP contribution in [0.1, 0.15) is 24.1 Å². The summed E-state index contributed by atoms with van der Waals surface area (Å²) < 4.78 is 52.1. The van der Waals surface area contributed by atoms with Crippen LogP contribution in [0.5, 0.6) is 11.6 Å². The highest BCUT2D eigenvalue weighted by molar-refractivity contribution is 5.85. The van der Waals surface area contributed by atoms with Gasteiger partial charge in [0.05, 0.1) is 0 Å². The van der Waals surface area contributed by atoms with E-state index in [0.29, 0.717) is 17.9 Å². The van der Waals surface area contributed by atoms with Gasteiger partial charge in [-0.25, -0.2) is 0 Å². The van der Waals surface area contributed by atoms with Crippen molar-refractivity contribution >= 4 is 24.8 Å². The molecule has 1 aromatic heterocycles. The van der Waals surface area contributed by atoms with E-state index in [2.05, 4.69) is 15.5 Å². The van der Waals surface area contributed by atoms with E-state index in [1.54, 1.807) is 24.3 Å². The number of nitrogens with one attached hydrogen (secondary N) is 1. The molecule has 0 amide bonds. The van der Waals surface area contributed by atoms with Gasteiger partial charge in [-0.1, -0.05) is 42.5 Å². The summed E-state index contributed by atoms with van der Waals surface area (Å²) in [4.78, 5) is 0. The number of benzene rings is 2. The van der Waals surface area contributed by atoms with Crippen LogP contribution >= 0.6 is 24.8 Å². The smallest absolute Gasteiger partial charge is 0.435 e. The highest BCUT2D eigenvalue weighted by Gasteiger charge is 2.37. The van der Waals surface area contributed by atoms with Crippen LogP contribution in [0.3, 0.4) is 0 Å². The van der Waals surface area contributed by atoms with E-state index >= 15 is 0 Å². The first-order valence-corrected chi connectivity index (χ1v) is 10.1. The lowest BCUT2D eigenvalue weighted by molar-refractivity contribution is -0.141. The lowest BCUT2D eigenvalue weighted by Gasteiger charge is -2.23. The van der Waals surface area contributed by atoms with Crippen molar-refractivity contribution in [3.8, 4) is 22.8 Å². The molecule has 0 atom stereocenters. The molecule has 0 aliphatic carbocycles. The number of nitrogens with zero attached hydrogens (tertiary/aromatic N) is 2. The van der Waals surface area contributed by atoms with E-state index in [1.807, 2.05) is 30.3 Å². The third kappa shape index (κ3) is 7.22. The molecular weight excluding hydrogens is 478 g/mol. The van der Waals surface area contributed by atoms with Crippen LogP contribution in [0, 0.1) is 0 Å². The van der Waals surface area contributed by atoms with Gasteiger partial charge in [0.2, 0.25) is 5.88 Å². The number of hydrogen-bond donors (Lipinski definition) is 1. The lowest BCUT2D eigenvalue weighted by atomic mass is 10.0. The molecule has 1 aliphatic rings. The molecule has 0 unspecified atom stereocenters. The van der Waals surface area contributed by atoms with Gasteiger partial charge in [0.1, 0.15) is 18.5 Å². The zero-order valence-electron chi connectivity index (χ0n) is 17.5. The molecule has 2 heterocycles. The van der Waals surface area contributed by atoms with Gasteiger partial charge < -0.3 is 14.8 Å². The zero-order valence-corrected chi connectivity index (χ0v) is 19.2. The van der Waals surface area contributed by atoms with Crippen LogP contribution in [0.25, 0.3) is 11.1 Å². The molecule has 2 aromatic carbocycles. The van der Waals surface area contributed by atoms with Crippen LogP contribution in [-0.4, -0.2) is 29.4 Å². The van der Waals surface area contributed by atoms with Crippen molar-refractivity contribution in [2.24, 2.45) is 0 Å². The number of alkyl halides is 3. The van der Waals surface area contributed by atoms with Gasteiger partial charge in [-0.3, -0.25) is 0 Å². The maximum atomic E-state index is 13.5. The molecule has 33 heavy (non-hydrogen) atoms. The van der Waals surface area contributed by atoms with Crippen molar-refractivity contribution in [2.45, 2.75) is 31.7 Å². The Morgan fingerprint density at radius 2 is 1.58 bits per heavy atom. The molecule has 1 fully saturated rings. The molecule has 4 rings (SSSR count). The third-order valence-electron chi connectivity index (χ3n) is 5.03. The van der Waals surface area contributed by atoms with Gasteiger partial charge in [0, 0.05) is 11.6 Å². The largest absolute Gasteiger partial charge is 0.489 e. The van der Waals surface area contributed by atoms with Crippen molar-refractivity contribution in [2.75, 3.05) is 13.1 Å². The van der Waals surface area contributed by atoms with Crippen molar-refractivity contribution in [3.63, 3.8) is 0 Å². The van der Waals surface area contributed by atoms with Crippen LogP contribution in [-0.2, 0) is 12.8 Å². The van der Waals surface area contributed by atoms with E-state index in [0.717, 1.165) is 31.5 Å². The Morgan fingerprint density at radius 1 is 0.909 bits per heavy atom. The standard InChI is InChI=1S/C23H22F3N3O2.2ClH/c24-23(25,26)22-20(14-21(28-29-22)31-19-10-12-27-13-11-19)17-6-8-18(9-7-17)30-15-16-4-2-1-3-5-16;;/h1-9,14,19,27H,10-13,15H2;2*1H. The van der Waals surface area contributed by atoms with E-state index in [4.69, 9.17) is 9.47 Å². The zero-order chi connectivity index (χ0) is 21.7. The van der Waals surface area contributed by atoms with Gasteiger partial charge in [-0.2, -0.15) is 13.2 Å². The summed E-state index contributed by atoms with van der Waals surface area (Å²) >= 11 is 0. The lowest BCUT2D eigenvalue weighted by Crippen LogP contribution is -2.34. The van der Waals surface area contributed by atoms with Crippen LogP contribution in [0.15, 0.2) is 60.7 Å². The number of ether oxygens (including phenoxy) is 2. The number of rotatable bonds is 6. The maximum absolute atomic E-state index is 13.5. The average molecular weight is 502 g/mol. The van der Waals surface area contributed by atoms with E-state index in [-0.39, 0.29) is 42.4 Å². The van der Waals surface area contributed by atoms with E-state index in [9.17, 15) is 13.2 Å². The summed E-state index contributed by atoms with van der Waals surface area (Å²) in [5, 5.41) is 10.3. The molecule has 0 spiro atoms. The Balaban J connectivity index is 0.00000193.